The van der Waals surface area contributed by atoms with E-state index >= 15 is 0 Å². The Labute approximate surface area is 213 Å². The second-order valence-corrected chi connectivity index (χ2v) is 8.63. The summed E-state index contributed by atoms with van der Waals surface area (Å²) in [5.74, 6) is -0.405. The number of aliphatic imine (C=N–C) groups is 1. The van der Waals surface area contributed by atoms with Crippen molar-refractivity contribution in [1.82, 2.24) is 10.3 Å². The van der Waals surface area contributed by atoms with Crippen molar-refractivity contribution in [3.63, 3.8) is 0 Å². The Balaban J connectivity index is 1.57. The topological polar surface area (TPSA) is 46.5 Å². The molecule has 3 aromatic rings. The van der Waals surface area contributed by atoms with Gasteiger partial charge >= 0.3 is 12.4 Å². The van der Waals surface area contributed by atoms with E-state index in [2.05, 4.69) is 15.3 Å². The Kier molecular flexibility index (Phi) is 8.15. The maximum atomic E-state index is 13.5. The number of ether oxygens (including phenoxy) is 1. The highest BCUT2D eigenvalue weighted by Gasteiger charge is 2.36. The minimum Gasteiger partial charge on any atom is -0.378 e. The predicted molar refractivity (Wildman–Crippen MR) is 128 cm³/mol. The average Bonchev–Trinajstić information content (AvgIpc) is 2.85. The number of aromatic nitrogens is 1. The van der Waals surface area contributed by atoms with Gasteiger partial charge in [-0.1, -0.05) is 0 Å². The van der Waals surface area contributed by atoms with E-state index in [1.165, 1.54) is 12.1 Å². The minimum atomic E-state index is -4.93. The molecule has 0 saturated heterocycles. The third-order valence-corrected chi connectivity index (χ3v) is 5.77. The molecule has 38 heavy (non-hydrogen) atoms. The lowest BCUT2D eigenvalue weighted by molar-refractivity contribution is -0.143. The average molecular weight is 537 g/mol. The summed E-state index contributed by atoms with van der Waals surface area (Å²) in [5, 5.41) is 3.35. The van der Waals surface area contributed by atoms with E-state index in [4.69, 9.17) is 4.74 Å². The summed E-state index contributed by atoms with van der Waals surface area (Å²) in [4.78, 5) is 8.58. The number of pyridine rings is 1. The molecule has 0 radical (unpaired) electrons. The number of nitrogens with one attached hydrogen (secondary N) is 1. The fraction of sp³-hybridized carbons (Fsp3) is 0.259. The normalized spacial score (nSPS) is 18.6. The maximum absolute atomic E-state index is 13.5. The highest BCUT2D eigenvalue weighted by Crippen LogP contribution is 2.36. The number of benzene rings is 2. The van der Waals surface area contributed by atoms with Gasteiger partial charge in [-0.05, 0) is 73.0 Å². The zero-order chi connectivity index (χ0) is 27.3. The summed E-state index contributed by atoms with van der Waals surface area (Å²) in [6, 6.07) is 10.3. The fourth-order valence-electron chi connectivity index (χ4n) is 3.95. The molecule has 0 bridgehead atoms. The molecule has 0 spiro atoms. The molecule has 1 atom stereocenters. The van der Waals surface area contributed by atoms with Gasteiger partial charge in [-0.3, -0.25) is 9.98 Å². The smallest absolute Gasteiger partial charge is 0.378 e. The van der Waals surface area contributed by atoms with Crippen LogP contribution in [0.1, 0.15) is 40.7 Å². The van der Waals surface area contributed by atoms with Crippen LogP contribution in [0.3, 0.4) is 0 Å². The molecular formula is C27H22F7N3O. The van der Waals surface area contributed by atoms with E-state index in [0.29, 0.717) is 41.9 Å². The molecule has 0 unspecified atom stereocenters. The van der Waals surface area contributed by atoms with Crippen molar-refractivity contribution in [2.24, 2.45) is 4.99 Å². The van der Waals surface area contributed by atoms with E-state index in [1.54, 1.807) is 42.9 Å². The molecule has 0 saturated carbocycles. The van der Waals surface area contributed by atoms with Crippen molar-refractivity contribution in [2.75, 3.05) is 6.61 Å². The molecule has 0 aliphatic carbocycles. The summed E-state index contributed by atoms with van der Waals surface area (Å²) in [6.45, 7) is -0.449. The van der Waals surface area contributed by atoms with Gasteiger partial charge in [-0.2, -0.15) is 26.3 Å². The van der Waals surface area contributed by atoms with Crippen molar-refractivity contribution < 1.29 is 35.5 Å². The molecule has 4 rings (SSSR count). The van der Waals surface area contributed by atoms with E-state index in [9.17, 15) is 30.7 Å². The van der Waals surface area contributed by atoms with E-state index < -0.39 is 35.9 Å². The quantitative estimate of drug-likeness (QED) is 0.341. The Hall–Kier alpha value is -3.73. The van der Waals surface area contributed by atoms with Crippen LogP contribution in [0.2, 0.25) is 0 Å². The number of hydrogen-bond acceptors (Lipinski definition) is 4. The lowest BCUT2D eigenvalue weighted by Crippen LogP contribution is -2.33. The van der Waals surface area contributed by atoms with Crippen LogP contribution in [0, 0.1) is 5.82 Å². The number of rotatable bonds is 6. The molecule has 1 aromatic heterocycles. The maximum Gasteiger partial charge on any atom is 0.416 e. The van der Waals surface area contributed by atoms with Crippen LogP contribution in [0.4, 0.5) is 30.7 Å². The Bertz CT molecular complexity index is 1270. The second-order valence-electron chi connectivity index (χ2n) is 8.63. The standard InChI is InChI=1S/C27H22F7N3O/c28-22-5-3-18(4-6-22)24-25(19-7-10-35-11-8-19)37-23(2-1-9-36-24)16-38-15-17-12-20(26(29,30)31)14-21(13-17)27(32,33)34/h3-14,23,37H,1-2,15-16H2/b25-24-,36-9?/t23-/m0/s1. The van der Waals surface area contributed by atoms with Crippen LogP contribution in [0.5, 0.6) is 0 Å². The molecule has 1 aliphatic heterocycles. The van der Waals surface area contributed by atoms with Crippen LogP contribution in [-0.4, -0.2) is 23.8 Å². The van der Waals surface area contributed by atoms with Crippen molar-refractivity contribution >= 4 is 17.6 Å². The van der Waals surface area contributed by atoms with Crippen molar-refractivity contribution in [2.45, 2.75) is 37.8 Å². The van der Waals surface area contributed by atoms with Crippen LogP contribution < -0.4 is 5.32 Å². The predicted octanol–water partition coefficient (Wildman–Crippen LogP) is 7.12. The van der Waals surface area contributed by atoms with Crippen molar-refractivity contribution in [3.8, 4) is 0 Å². The molecule has 11 heteroatoms. The summed E-state index contributed by atoms with van der Waals surface area (Å²) < 4.78 is 98.2. The van der Waals surface area contributed by atoms with Crippen LogP contribution >= 0.6 is 0 Å². The van der Waals surface area contributed by atoms with E-state index in [-0.39, 0.29) is 24.3 Å². The molecule has 1 N–H and O–H groups in total. The summed E-state index contributed by atoms with van der Waals surface area (Å²) in [6.07, 6.45) is -3.92. The second kappa shape index (κ2) is 11.3. The molecule has 200 valence electrons. The lowest BCUT2D eigenvalue weighted by atomic mass is 10.0. The molecule has 2 heterocycles. The summed E-state index contributed by atoms with van der Waals surface area (Å²) in [7, 11) is 0. The van der Waals surface area contributed by atoms with E-state index in [1.807, 2.05) is 0 Å². The van der Waals surface area contributed by atoms with Crippen molar-refractivity contribution in [1.29, 1.82) is 0 Å². The van der Waals surface area contributed by atoms with Gasteiger partial charge in [0.05, 0.1) is 35.7 Å². The SMILES string of the molecule is Fc1ccc(/C2=C(\c3ccncc3)N[C@H](COCc3cc(C(F)(F)F)cc(C(F)(F)F)c3)CCC=N2)cc1. The van der Waals surface area contributed by atoms with Gasteiger partial charge in [-0.25, -0.2) is 4.39 Å². The first-order valence-electron chi connectivity index (χ1n) is 11.6. The Morgan fingerprint density at radius 2 is 1.47 bits per heavy atom. The monoisotopic (exact) mass is 537 g/mol. The molecule has 4 nitrogen and oxygen atoms in total. The molecule has 0 fully saturated rings. The third-order valence-electron chi connectivity index (χ3n) is 5.77. The number of hydrogen-bond donors (Lipinski definition) is 1. The summed E-state index contributed by atoms with van der Waals surface area (Å²) in [5.41, 5.74) is -0.508. The molecular weight excluding hydrogens is 515 g/mol. The van der Waals surface area contributed by atoms with Crippen LogP contribution in [0.15, 0.2) is 72.0 Å². The Morgan fingerprint density at radius 3 is 2.08 bits per heavy atom. The van der Waals surface area contributed by atoms with E-state index in [0.717, 1.165) is 5.56 Å². The van der Waals surface area contributed by atoms with Gasteiger partial charge in [-0.15, -0.1) is 0 Å². The largest absolute Gasteiger partial charge is 0.416 e. The van der Waals surface area contributed by atoms with Gasteiger partial charge in [0.15, 0.2) is 0 Å². The minimum absolute atomic E-state index is 0.00326. The van der Waals surface area contributed by atoms with Gasteiger partial charge < -0.3 is 10.1 Å². The first kappa shape index (κ1) is 27.3. The molecule has 2 aromatic carbocycles. The third kappa shape index (κ3) is 6.97. The van der Waals surface area contributed by atoms with Gasteiger partial charge in [0.25, 0.3) is 0 Å². The number of alkyl halides is 6. The van der Waals surface area contributed by atoms with Crippen molar-refractivity contribution in [3.05, 3.63) is 101 Å². The Morgan fingerprint density at radius 1 is 0.842 bits per heavy atom. The van der Waals surface area contributed by atoms with Crippen LogP contribution in [0.25, 0.3) is 11.4 Å². The fourth-order valence-corrected chi connectivity index (χ4v) is 3.95. The van der Waals surface area contributed by atoms with Gasteiger partial charge in [0.2, 0.25) is 0 Å². The zero-order valence-corrected chi connectivity index (χ0v) is 19.8. The first-order valence-corrected chi connectivity index (χ1v) is 11.6. The van der Waals surface area contributed by atoms with Gasteiger partial charge in [0.1, 0.15) is 5.82 Å². The molecule has 1 aliphatic rings. The van der Waals surface area contributed by atoms with Crippen LogP contribution in [-0.2, 0) is 23.7 Å². The highest BCUT2D eigenvalue weighted by atomic mass is 19.4. The molecule has 0 amide bonds. The zero-order valence-electron chi connectivity index (χ0n) is 19.8. The lowest BCUT2D eigenvalue weighted by Gasteiger charge is -2.25. The number of halogens is 7. The van der Waals surface area contributed by atoms with Gasteiger partial charge in [0, 0.05) is 35.8 Å². The highest BCUT2D eigenvalue weighted by molar-refractivity contribution is 5.92. The first-order chi connectivity index (χ1) is 18.0. The summed E-state index contributed by atoms with van der Waals surface area (Å²) >= 11 is 0. The number of nitrogens with zero attached hydrogens (tertiary/aromatic N) is 2.